The molecular weight excluding hydrogens is 607 g/mol. The number of aromatic nitrogens is 3. The number of halogens is 1. The molecule has 13 heteroatoms. The molecule has 12 nitrogen and oxygen atoms in total. The summed E-state index contributed by atoms with van der Waals surface area (Å²) in [7, 11) is 1.50. The zero-order chi connectivity index (χ0) is 32.8. The number of carbonyl (C=O) groups is 3. The Bertz CT molecular complexity index is 1760. The molecule has 2 N–H and O–H groups in total. The van der Waals surface area contributed by atoms with Crippen molar-refractivity contribution in [3.8, 4) is 28.8 Å². The van der Waals surface area contributed by atoms with E-state index in [1.807, 2.05) is 12.1 Å². The summed E-state index contributed by atoms with van der Waals surface area (Å²) in [6, 6.07) is 14.2. The van der Waals surface area contributed by atoms with Crippen molar-refractivity contribution in [3.63, 3.8) is 0 Å². The number of rotatable bonds is 3. The van der Waals surface area contributed by atoms with E-state index in [4.69, 9.17) is 14.2 Å². The Hall–Kier alpha value is -5.59. The Balaban J connectivity index is 1.24. The third-order valence-corrected chi connectivity index (χ3v) is 7.91. The SMILES string of the molecule is COc1ccc2cc1OCC(=O)N[C@@H]1CN(C(=O)c3cnc(-c4ccccn4)nc3)CC[C@H]1Oc1cc(F)cc(c1)CNC(=O)CC2. The lowest BCUT2D eigenvalue weighted by Crippen LogP contribution is -2.58. The number of nitrogens with zero attached hydrogens (tertiary/aromatic N) is 4. The fraction of sp³-hybridized carbons (Fsp3) is 0.294. The minimum Gasteiger partial charge on any atom is -0.493 e. The van der Waals surface area contributed by atoms with Crippen LogP contribution in [-0.4, -0.2) is 76.5 Å². The molecular formula is C34H33FN6O6. The average Bonchev–Trinajstić information content (AvgIpc) is 3.09. The van der Waals surface area contributed by atoms with Gasteiger partial charge in [0.1, 0.15) is 23.4 Å². The quantitative estimate of drug-likeness (QED) is 0.345. The lowest BCUT2D eigenvalue weighted by Gasteiger charge is -2.38. The summed E-state index contributed by atoms with van der Waals surface area (Å²) in [5.74, 6) is -0.0648. The van der Waals surface area contributed by atoms with E-state index in [2.05, 4.69) is 25.6 Å². The molecule has 2 aromatic carbocycles. The van der Waals surface area contributed by atoms with Crippen molar-refractivity contribution in [2.45, 2.75) is 38.0 Å². The van der Waals surface area contributed by atoms with Gasteiger partial charge in [0.05, 0.1) is 18.7 Å². The highest BCUT2D eigenvalue weighted by molar-refractivity contribution is 5.94. The van der Waals surface area contributed by atoms with Gasteiger partial charge in [0.25, 0.3) is 11.8 Å². The highest BCUT2D eigenvalue weighted by Crippen LogP contribution is 2.29. The van der Waals surface area contributed by atoms with Crippen molar-refractivity contribution in [2.75, 3.05) is 26.8 Å². The molecule has 0 unspecified atom stereocenters. The van der Waals surface area contributed by atoms with Crippen molar-refractivity contribution in [1.29, 1.82) is 0 Å². The van der Waals surface area contributed by atoms with Gasteiger partial charge >= 0.3 is 0 Å². The van der Waals surface area contributed by atoms with E-state index in [0.29, 0.717) is 48.0 Å². The van der Waals surface area contributed by atoms with E-state index in [1.54, 1.807) is 41.4 Å². The first kappa shape index (κ1) is 31.4. The summed E-state index contributed by atoms with van der Waals surface area (Å²) in [5, 5.41) is 5.78. The molecule has 4 aromatic rings. The maximum atomic E-state index is 14.6. The molecule has 2 aromatic heterocycles. The first-order chi connectivity index (χ1) is 22.8. The smallest absolute Gasteiger partial charge is 0.258 e. The molecule has 2 aliphatic heterocycles. The van der Waals surface area contributed by atoms with Gasteiger partial charge in [-0.3, -0.25) is 19.4 Å². The summed E-state index contributed by atoms with van der Waals surface area (Å²) >= 11 is 0. The number of likely N-dealkylation sites (tertiary alicyclic amines) is 1. The van der Waals surface area contributed by atoms with E-state index >= 15 is 0 Å². The van der Waals surface area contributed by atoms with Gasteiger partial charge in [-0.1, -0.05) is 12.1 Å². The summed E-state index contributed by atoms with van der Waals surface area (Å²) in [4.78, 5) is 53.8. The maximum Gasteiger partial charge on any atom is 0.258 e. The summed E-state index contributed by atoms with van der Waals surface area (Å²) in [6.45, 7) is 0.174. The molecule has 3 amide bonds. The van der Waals surface area contributed by atoms with Gasteiger partial charge in [0.2, 0.25) is 5.91 Å². The second-order valence-corrected chi connectivity index (χ2v) is 11.2. The first-order valence-electron chi connectivity index (χ1n) is 15.2. The van der Waals surface area contributed by atoms with E-state index < -0.39 is 23.9 Å². The van der Waals surface area contributed by atoms with Crippen molar-refractivity contribution >= 4 is 17.7 Å². The number of amides is 3. The molecule has 4 bridgehead atoms. The van der Waals surface area contributed by atoms with Crippen LogP contribution in [0.25, 0.3) is 11.5 Å². The molecule has 2 atom stereocenters. The molecule has 6 rings (SSSR count). The third-order valence-electron chi connectivity index (χ3n) is 7.91. The Morgan fingerprint density at radius 3 is 2.64 bits per heavy atom. The van der Waals surface area contributed by atoms with E-state index in [-0.39, 0.29) is 49.2 Å². The number of ether oxygens (including phenoxy) is 3. The number of benzene rings is 2. The van der Waals surface area contributed by atoms with E-state index in [0.717, 1.165) is 5.56 Å². The molecule has 0 spiro atoms. The number of aryl methyl sites for hydroxylation is 1. The van der Waals surface area contributed by atoms with Crippen LogP contribution in [-0.2, 0) is 22.6 Å². The minimum absolute atomic E-state index is 0.105. The molecule has 2 aliphatic rings. The summed E-state index contributed by atoms with van der Waals surface area (Å²) < 4.78 is 32.1. The Kier molecular flexibility index (Phi) is 9.51. The van der Waals surface area contributed by atoms with Crippen LogP contribution >= 0.6 is 0 Å². The predicted molar refractivity (Wildman–Crippen MR) is 167 cm³/mol. The van der Waals surface area contributed by atoms with Crippen molar-refractivity contribution in [2.24, 2.45) is 0 Å². The standard InChI is InChI=1S/C34H33FN6O6/c1-45-29-7-5-21-6-8-31(42)37-16-22-12-24(35)15-25(13-22)47-28-9-11-41(19-27(28)40-32(43)20-46-30(29)14-21)34(44)23-17-38-33(39-18-23)26-4-2-3-10-36-26/h2-5,7,10,12-15,17-18,27-28H,6,8-9,11,16,19-20H2,1H3,(H,37,42)(H,40,43)/t27-,28-/m1/s1. The highest BCUT2D eigenvalue weighted by atomic mass is 19.1. The fourth-order valence-corrected chi connectivity index (χ4v) is 5.54. The van der Waals surface area contributed by atoms with Crippen LogP contribution in [0.3, 0.4) is 0 Å². The molecule has 4 heterocycles. The van der Waals surface area contributed by atoms with Crippen LogP contribution in [0.4, 0.5) is 4.39 Å². The van der Waals surface area contributed by atoms with Gasteiger partial charge in [-0.25, -0.2) is 14.4 Å². The average molecular weight is 641 g/mol. The molecule has 0 radical (unpaired) electrons. The van der Waals surface area contributed by atoms with E-state index in [9.17, 15) is 18.8 Å². The molecule has 47 heavy (non-hydrogen) atoms. The number of nitrogens with one attached hydrogen (secondary N) is 2. The molecule has 1 fully saturated rings. The molecule has 1 saturated heterocycles. The lowest BCUT2D eigenvalue weighted by atomic mass is 10.0. The van der Waals surface area contributed by atoms with Crippen LogP contribution in [0.1, 0.15) is 34.3 Å². The Morgan fingerprint density at radius 1 is 1.00 bits per heavy atom. The topological polar surface area (TPSA) is 145 Å². The van der Waals surface area contributed by atoms with Crippen molar-refractivity contribution < 1.29 is 33.0 Å². The number of carbonyl (C=O) groups excluding carboxylic acids is 3. The first-order valence-corrected chi connectivity index (χ1v) is 15.2. The van der Waals surface area contributed by atoms with Crippen LogP contribution in [0.15, 0.2) is 73.2 Å². The van der Waals surface area contributed by atoms with Gasteiger partial charge in [0.15, 0.2) is 23.9 Å². The van der Waals surface area contributed by atoms with Gasteiger partial charge < -0.3 is 29.7 Å². The summed E-state index contributed by atoms with van der Waals surface area (Å²) in [5.41, 5.74) is 2.20. The number of methoxy groups -OCH3 is 1. The monoisotopic (exact) mass is 640 g/mol. The van der Waals surface area contributed by atoms with Gasteiger partial charge in [-0.15, -0.1) is 0 Å². The van der Waals surface area contributed by atoms with Gasteiger partial charge in [-0.2, -0.15) is 0 Å². The van der Waals surface area contributed by atoms with Crippen molar-refractivity contribution in [3.05, 3.63) is 95.7 Å². The molecule has 0 saturated carbocycles. The van der Waals surface area contributed by atoms with Crippen LogP contribution in [0, 0.1) is 5.82 Å². The maximum absolute atomic E-state index is 14.6. The van der Waals surface area contributed by atoms with Gasteiger partial charge in [0, 0.05) is 57.1 Å². The number of fused-ring (bicyclic) bond motifs is 5. The van der Waals surface area contributed by atoms with Gasteiger partial charge in [-0.05, 0) is 53.9 Å². The Morgan fingerprint density at radius 2 is 1.85 bits per heavy atom. The second kappa shape index (κ2) is 14.2. The zero-order valence-electron chi connectivity index (χ0n) is 25.6. The highest BCUT2D eigenvalue weighted by Gasteiger charge is 2.35. The van der Waals surface area contributed by atoms with Crippen LogP contribution in [0.5, 0.6) is 17.2 Å². The molecule has 242 valence electrons. The van der Waals surface area contributed by atoms with Crippen LogP contribution < -0.4 is 24.8 Å². The minimum atomic E-state index is -0.670. The summed E-state index contributed by atoms with van der Waals surface area (Å²) in [6.07, 6.45) is 4.89. The number of hydrogen-bond acceptors (Lipinski definition) is 9. The van der Waals surface area contributed by atoms with Crippen LogP contribution in [0.2, 0.25) is 0 Å². The number of hydrogen-bond donors (Lipinski definition) is 2. The lowest BCUT2D eigenvalue weighted by molar-refractivity contribution is -0.125. The van der Waals surface area contributed by atoms with E-state index in [1.165, 1.54) is 31.6 Å². The number of piperidine rings is 1. The number of pyridine rings is 1. The Labute approximate surface area is 270 Å². The predicted octanol–water partition coefficient (Wildman–Crippen LogP) is 3.11. The fourth-order valence-electron chi connectivity index (χ4n) is 5.54. The largest absolute Gasteiger partial charge is 0.493 e. The zero-order valence-corrected chi connectivity index (χ0v) is 25.6. The van der Waals surface area contributed by atoms with Crippen molar-refractivity contribution in [1.82, 2.24) is 30.5 Å². The molecule has 0 aliphatic carbocycles. The normalized spacial score (nSPS) is 18.6. The second-order valence-electron chi connectivity index (χ2n) is 11.2. The third kappa shape index (κ3) is 7.80.